The van der Waals surface area contributed by atoms with Gasteiger partial charge in [-0.1, -0.05) is 20.8 Å². The summed E-state index contributed by atoms with van der Waals surface area (Å²) in [6.45, 7) is 13.1. The van der Waals surface area contributed by atoms with E-state index >= 15 is 0 Å². The van der Waals surface area contributed by atoms with E-state index in [-0.39, 0.29) is 5.41 Å². The molecule has 0 amide bonds. The minimum atomic E-state index is 0.237. The van der Waals surface area contributed by atoms with E-state index in [9.17, 15) is 0 Å². The molecule has 0 saturated carbocycles. The average molecular weight is 171 g/mol. The number of ether oxygens (including phenoxy) is 1. The number of hydrogen-bond donors (Lipinski definition) is 0. The molecule has 72 valence electrons. The van der Waals surface area contributed by atoms with E-state index in [4.69, 9.17) is 4.74 Å². The Morgan fingerprint density at radius 2 is 1.92 bits per heavy atom. The van der Waals surface area contributed by atoms with Crippen molar-refractivity contribution in [1.29, 1.82) is 0 Å². The van der Waals surface area contributed by atoms with E-state index in [1.807, 2.05) is 0 Å². The van der Waals surface area contributed by atoms with Gasteiger partial charge in [-0.15, -0.1) is 0 Å². The van der Waals surface area contributed by atoms with Crippen molar-refractivity contribution in [3.63, 3.8) is 0 Å². The molecule has 1 unspecified atom stereocenters. The highest BCUT2D eigenvalue weighted by molar-refractivity contribution is 4.82. The molecule has 1 fully saturated rings. The van der Waals surface area contributed by atoms with Crippen LogP contribution in [0.2, 0.25) is 0 Å². The second-order valence-corrected chi connectivity index (χ2v) is 4.92. The fraction of sp³-hybridized carbons (Fsp3) is 1.00. The molecule has 12 heavy (non-hydrogen) atoms. The van der Waals surface area contributed by atoms with Gasteiger partial charge in [0.25, 0.3) is 0 Å². The first-order valence-electron chi connectivity index (χ1n) is 4.80. The number of hydrogen-bond acceptors (Lipinski definition) is 2. The summed E-state index contributed by atoms with van der Waals surface area (Å²) in [6, 6.07) is 0.594. The largest absolute Gasteiger partial charge is 0.361 e. The molecule has 0 aromatic heterocycles. The first-order valence-corrected chi connectivity index (χ1v) is 4.80. The Hall–Kier alpha value is -0.0800. The van der Waals surface area contributed by atoms with Gasteiger partial charge in [0, 0.05) is 18.0 Å². The number of rotatable bonds is 1. The van der Waals surface area contributed by atoms with Crippen LogP contribution in [0.4, 0.5) is 0 Å². The highest BCUT2D eigenvalue weighted by atomic mass is 16.5. The van der Waals surface area contributed by atoms with Crippen molar-refractivity contribution in [3.8, 4) is 0 Å². The highest BCUT2D eigenvalue weighted by Gasteiger charge is 2.36. The molecule has 1 aliphatic rings. The van der Waals surface area contributed by atoms with Crippen molar-refractivity contribution < 1.29 is 4.74 Å². The molecule has 1 aliphatic heterocycles. The summed E-state index contributed by atoms with van der Waals surface area (Å²) in [5.41, 5.74) is 0.237. The second-order valence-electron chi connectivity index (χ2n) is 4.92. The summed E-state index contributed by atoms with van der Waals surface area (Å²) >= 11 is 0. The lowest BCUT2D eigenvalue weighted by Crippen LogP contribution is -2.43. The predicted molar refractivity (Wildman–Crippen MR) is 51.0 cm³/mol. The van der Waals surface area contributed by atoms with Crippen LogP contribution >= 0.6 is 0 Å². The van der Waals surface area contributed by atoms with E-state index in [1.165, 1.54) is 0 Å². The molecule has 1 heterocycles. The summed E-state index contributed by atoms with van der Waals surface area (Å²) in [5, 5.41) is 0. The van der Waals surface area contributed by atoms with Gasteiger partial charge in [-0.2, -0.15) is 0 Å². The van der Waals surface area contributed by atoms with Gasteiger partial charge in [0.2, 0.25) is 0 Å². The third kappa shape index (κ3) is 1.99. The van der Waals surface area contributed by atoms with Gasteiger partial charge in [0.15, 0.2) is 0 Å². The van der Waals surface area contributed by atoms with Crippen molar-refractivity contribution in [2.75, 3.05) is 13.2 Å². The molecule has 0 aromatic carbocycles. The van der Waals surface area contributed by atoms with Crippen LogP contribution in [0, 0.1) is 5.41 Å². The molecule has 0 bridgehead atoms. The maximum absolute atomic E-state index is 5.72. The maximum Gasteiger partial charge on any atom is 0.115 e. The molecule has 0 spiro atoms. The first-order chi connectivity index (χ1) is 5.43. The Kier molecular flexibility index (Phi) is 2.79. The average Bonchev–Trinajstić information content (AvgIpc) is 2.30. The van der Waals surface area contributed by atoms with Gasteiger partial charge in [0.05, 0.1) is 6.61 Å². The third-order valence-electron chi connectivity index (χ3n) is 2.33. The van der Waals surface area contributed by atoms with Gasteiger partial charge in [-0.05, 0) is 13.8 Å². The highest BCUT2D eigenvalue weighted by Crippen LogP contribution is 2.29. The minimum Gasteiger partial charge on any atom is -0.361 e. The molecule has 0 radical (unpaired) electrons. The van der Waals surface area contributed by atoms with Gasteiger partial charge in [0.1, 0.15) is 6.23 Å². The van der Waals surface area contributed by atoms with Crippen LogP contribution in [0.15, 0.2) is 0 Å². The molecule has 1 atom stereocenters. The summed E-state index contributed by atoms with van der Waals surface area (Å²) < 4.78 is 5.72. The molecule has 1 rings (SSSR count). The summed E-state index contributed by atoms with van der Waals surface area (Å²) in [7, 11) is 0. The zero-order valence-corrected chi connectivity index (χ0v) is 8.92. The maximum atomic E-state index is 5.72. The van der Waals surface area contributed by atoms with E-state index < -0.39 is 0 Å². The van der Waals surface area contributed by atoms with Crippen molar-refractivity contribution in [1.82, 2.24) is 4.90 Å². The summed E-state index contributed by atoms with van der Waals surface area (Å²) in [4.78, 5) is 2.43. The van der Waals surface area contributed by atoms with Crippen LogP contribution < -0.4 is 0 Å². The predicted octanol–water partition coefficient (Wildman–Crippen LogP) is 2.10. The lowest BCUT2D eigenvalue weighted by atomic mass is 9.93. The Morgan fingerprint density at radius 3 is 2.25 bits per heavy atom. The Morgan fingerprint density at radius 1 is 1.33 bits per heavy atom. The van der Waals surface area contributed by atoms with Crippen molar-refractivity contribution in [2.45, 2.75) is 46.9 Å². The van der Waals surface area contributed by atoms with Gasteiger partial charge in [-0.3, -0.25) is 4.90 Å². The van der Waals surface area contributed by atoms with Crippen LogP contribution in [0.25, 0.3) is 0 Å². The molecule has 1 saturated heterocycles. The molecule has 0 N–H and O–H groups in total. The monoisotopic (exact) mass is 171 g/mol. The lowest BCUT2D eigenvalue weighted by Gasteiger charge is -2.35. The Labute approximate surface area is 75.9 Å². The first kappa shape index (κ1) is 10.0. The second kappa shape index (κ2) is 3.35. The standard InChI is InChI=1S/C10H21NO/c1-8(2)11-6-7-12-9(11)10(3,4)5/h8-9H,6-7H2,1-5H3. The van der Waals surface area contributed by atoms with Gasteiger partial charge in [-0.25, -0.2) is 0 Å². The topological polar surface area (TPSA) is 12.5 Å². The van der Waals surface area contributed by atoms with E-state index in [2.05, 4.69) is 39.5 Å². The summed E-state index contributed by atoms with van der Waals surface area (Å²) in [5.74, 6) is 0. The lowest BCUT2D eigenvalue weighted by molar-refractivity contribution is -0.0564. The van der Waals surface area contributed by atoms with Crippen LogP contribution in [-0.2, 0) is 4.74 Å². The quantitative estimate of drug-likeness (QED) is 0.599. The van der Waals surface area contributed by atoms with Crippen LogP contribution in [0.1, 0.15) is 34.6 Å². The normalized spacial score (nSPS) is 27.0. The molecule has 0 aromatic rings. The zero-order valence-electron chi connectivity index (χ0n) is 8.92. The van der Waals surface area contributed by atoms with E-state index in [0.29, 0.717) is 12.3 Å². The molecular weight excluding hydrogens is 150 g/mol. The summed E-state index contributed by atoms with van der Waals surface area (Å²) in [6.07, 6.45) is 0.303. The van der Waals surface area contributed by atoms with Crippen LogP contribution in [0.3, 0.4) is 0 Å². The molecule has 2 heteroatoms. The van der Waals surface area contributed by atoms with Crippen LogP contribution in [-0.4, -0.2) is 30.3 Å². The Balaban J connectivity index is 2.64. The van der Waals surface area contributed by atoms with Gasteiger partial charge >= 0.3 is 0 Å². The molecular formula is C10H21NO. The van der Waals surface area contributed by atoms with E-state index in [1.54, 1.807) is 0 Å². The SMILES string of the molecule is CC(C)N1CCOC1C(C)(C)C. The van der Waals surface area contributed by atoms with Crippen LogP contribution in [0.5, 0.6) is 0 Å². The van der Waals surface area contributed by atoms with Crippen molar-refractivity contribution in [3.05, 3.63) is 0 Å². The van der Waals surface area contributed by atoms with Gasteiger partial charge < -0.3 is 4.74 Å². The van der Waals surface area contributed by atoms with Crippen molar-refractivity contribution in [2.24, 2.45) is 5.41 Å². The zero-order chi connectivity index (χ0) is 9.35. The fourth-order valence-corrected chi connectivity index (χ4v) is 1.76. The fourth-order valence-electron chi connectivity index (χ4n) is 1.76. The number of nitrogens with zero attached hydrogens (tertiary/aromatic N) is 1. The Bertz CT molecular complexity index is 148. The smallest absolute Gasteiger partial charge is 0.115 e. The minimum absolute atomic E-state index is 0.237. The molecule has 0 aliphatic carbocycles. The molecule has 2 nitrogen and oxygen atoms in total. The third-order valence-corrected chi connectivity index (χ3v) is 2.33. The van der Waals surface area contributed by atoms with E-state index in [0.717, 1.165) is 13.2 Å². The van der Waals surface area contributed by atoms with Crippen molar-refractivity contribution >= 4 is 0 Å².